The molecule has 1 aromatic heterocycles. The minimum absolute atomic E-state index is 0.328. The van der Waals surface area contributed by atoms with Crippen molar-refractivity contribution in [3.63, 3.8) is 0 Å². The molecule has 2 aliphatic heterocycles. The van der Waals surface area contributed by atoms with Crippen molar-refractivity contribution in [2.24, 2.45) is 0 Å². The molecule has 0 radical (unpaired) electrons. The van der Waals surface area contributed by atoms with Crippen molar-refractivity contribution in [2.45, 2.75) is 50.6 Å². The van der Waals surface area contributed by atoms with Gasteiger partial charge in [-0.25, -0.2) is 18.4 Å². The Bertz CT molecular complexity index is 1040. The predicted octanol–water partition coefficient (Wildman–Crippen LogP) is 2.65. The second-order valence-electron chi connectivity index (χ2n) is 8.11. The number of sulfonamides is 1. The molecule has 156 valence electrons. The lowest BCUT2D eigenvalue weighted by Gasteiger charge is -2.28. The molecule has 1 aromatic carbocycles. The van der Waals surface area contributed by atoms with E-state index in [0.29, 0.717) is 17.3 Å². The average Bonchev–Trinajstić information content (AvgIpc) is 3.19. The SMILES string of the molecule is CNc1nc(C2CCCN2S(=O)(=O)c2ccc(C)c(C)c2)nc2c1CCN(C)C2. The van der Waals surface area contributed by atoms with Crippen LogP contribution in [-0.4, -0.2) is 54.8 Å². The Morgan fingerprint density at radius 1 is 1.14 bits per heavy atom. The third kappa shape index (κ3) is 3.65. The van der Waals surface area contributed by atoms with E-state index in [1.165, 1.54) is 0 Å². The summed E-state index contributed by atoms with van der Waals surface area (Å²) < 4.78 is 28.4. The van der Waals surface area contributed by atoms with Gasteiger partial charge in [-0.15, -0.1) is 0 Å². The molecule has 4 rings (SSSR count). The zero-order chi connectivity index (χ0) is 20.8. The summed E-state index contributed by atoms with van der Waals surface area (Å²) >= 11 is 0. The Balaban J connectivity index is 1.73. The fourth-order valence-corrected chi connectivity index (χ4v) is 5.97. The first kappa shape index (κ1) is 20.3. The van der Waals surface area contributed by atoms with E-state index in [-0.39, 0.29) is 6.04 Å². The molecule has 1 N–H and O–H groups in total. The molecule has 3 heterocycles. The Morgan fingerprint density at radius 2 is 1.93 bits per heavy atom. The van der Waals surface area contributed by atoms with Gasteiger partial charge in [0.2, 0.25) is 10.0 Å². The summed E-state index contributed by atoms with van der Waals surface area (Å²) in [6.07, 6.45) is 2.45. The Morgan fingerprint density at radius 3 is 2.66 bits per heavy atom. The number of fused-ring (bicyclic) bond motifs is 1. The fraction of sp³-hybridized carbons (Fsp3) is 0.524. The molecule has 0 saturated carbocycles. The summed E-state index contributed by atoms with van der Waals surface area (Å²) in [5.41, 5.74) is 4.22. The van der Waals surface area contributed by atoms with Gasteiger partial charge in [0, 0.05) is 32.2 Å². The van der Waals surface area contributed by atoms with Gasteiger partial charge >= 0.3 is 0 Å². The highest BCUT2D eigenvalue weighted by atomic mass is 32.2. The molecule has 29 heavy (non-hydrogen) atoms. The molecule has 0 spiro atoms. The van der Waals surface area contributed by atoms with Crippen molar-refractivity contribution in [3.05, 3.63) is 46.4 Å². The van der Waals surface area contributed by atoms with Crippen molar-refractivity contribution in [2.75, 3.05) is 32.5 Å². The minimum Gasteiger partial charge on any atom is -0.373 e. The van der Waals surface area contributed by atoms with Gasteiger partial charge in [0.15, 0.2) is 0 Å². The number of aromatic nitrogens is 2. The molecule has 0 aliphatic carbocycles. The number of hydrogen-bond acceptors (Lipinski definition) is 6. The quantitative estimate of drug-likeness (QED) is 0.827. The number of rotatable bonds is 4. The highest BCUT2D eigenvalue weighted by Gasteiger charge is 2.38. The molecule has 1 atom stereocenters. The van der Waals surface area contributed by atoms with Crippen LogP contribution in [0.1, 0.15) is 47.1 Å². The van der Waals surface area contributed by atoms with Crippen molar-refractivity contribution < 1.29 is 8.42 Å². The van der Waals surface area contributed by atoms with E-state index in [2.05, 4.69) is 17.3 Å². The van der Waals surface area contributed by atoms with Crippen LogP contribution in [0.4, 0.5) is 5.82 Å². The van der Waals surface area contributed by atoms with Crippen LogP contribution in [0.15, 0.2) is 23.1 Å². The minimum atomic E-state index is -3.60. The Kier molecular flexibility index (Phi) is 5.35. The molecule has 1 fully saturated rings. The smallest absolute Gasteiger partial charge is 0.243 e. The van der Waals surface area contributed by atoms with E-state index in [1.807, 2.05) is 27.0 Å². The van der Waals surface area contributed by atoms with Gasteiger partial charge < -0.3 is 10.2 Å². The summed E-state index contributed by atoms with van der Waals surface area (Å²) in [7, 11) is 0.339. The van der Waals surface area contributed by atoms with Crippen LogP contribution in [0.3, 0.4) is 0 Å². The molecule has 1 unspecified atom stereocenters. The largest absolute Gasteiger partial charge is 0.373 e. The van der Waals surface area contributed by atoms with Crippen molar-refractivity contribution >= 4 is 15.8 Å². The van der Waals surface area contributed by atoms with Crippen molar-refractivity contribution in [1.82, 2.24) is 19.2 Å². The number of nitrogens with one attached hydrogen (secondary N) is 1. The highest BCUT2D eigenvalue weighted by Crippen LogP contribution is 2.37. The lowest BCUT2D eigenvalue weighted by Crippen LogP contribution is -2.33. The molecule has 2 aromatic rings. The van der Waals surface area contributed by atoms with Gasteiger partial charge in [0.1, 0.15) is 11.6 Å². The molecular weight excluding hydrogens is 386 g/mol. The van der Waals surface area contributed by atoms with E-state index in [0.717, 1.165) is 60.6 Å². The first-order valence-corrected chi connectivity index (χ1v) is 11.6. The zero-order valence-electron chi connectivity index (χ0n) is 17.6. The number of likely N-dealkylation sites (N-methyl/N-ethyl adjacent to an activating group) is 1. The fourth-order valence-electron chi connectivity index (χ4n) is 4.23. The van der Waals surface area contributed by atoms with Crippen LogP contribution in [0.2, 0.25) is 0 Å². The standard InChI is InChI=1S/C21H29N5O2S/c1-14-7-8-16(12-15(14)2)29(27,28)26-10-5-6-19(26)21-23-18-13-25(4)11-9-17(18)20(22-3)24-21/h7-8,12,19H,5-6,9-11,13H2,1-4H3,(H,22,23,24). The summed E-state index contributed by atoms with van der Waals surface area (Å²) in [6.45, 7) is 6.16. The number of anilines is 1. The van der Waals surface area contributed by atoms with Crippen LogP contribution in [-0.2, 0) is 23.0 Å². The summed E-state index contributed by atoms with van der Waals surface area (Å²) in [4.78, 5) is 12.2. The average molecular weight is 416 g/mol. The van der Waals surface area contributed by atoms with Gasteiger partial charge in [0.25, 0.3) is 0 Å². The van der Waals surface area contributed by atoms with Crippen LogP contribution in [0, 0.1) is 13.8 Å². The van der Waals surface area contributed by atoms with E-state index in [9.17, 15) is 8.42 Å². The molecule has 1 saturated heterocycles. The molecule has 2 aliphatic rings. The second-order valence-corrected chi connectivity index (χ2v) is 10.0. The van der Waals surface area contributed by atoms with Crippen molar-refractivity contribution in [3.8, 4) is 0 Å². The number of hydrogen-bond donors (Lipinski definition) is 1. The second kappa shape index (κ2) is 7.66. The monoisotopic (exact) mass is 415 g/mol. The maximum absolute atomic E-state index is 13.4. The number of nitrogens with zero attached hydrogens (tertiary/aromatic N) is 4. The summed E-state index contributed by atoms with van der Waals surface area (Å²) in [6, 6.07) is 5.01. The van der Waals surface area contributed by atoms with E-state index < -0.39 is 10.0 Å². The third-order valence-electron chi connectivity index (χ3n) is 6.10. The van der Waals surface area contributed by atoms with Crippen LogP contribution < -0.4 is 5.32 Å². The van der Waals surface area contributed by atoms with E-state index in [4.69, 9.17) is 9.97 Å². The van der Waals surface area contributed by atoms with Crippen LogP contribution in [0.25, 0.3) is 0 Å². The lowest BCUT2D eigenvalue weighted by molar-refractivity contribution is 0.304. The molecular formula is C21H29N5O2S. The number of benzene rings is 1. The van der Waals surface area contributed by atoms with E-state index in [1.54, 1.807) is 16.4 Å². The Hall–Kier alpha value is -2.03. The topological polar surface area (TPSA) is 78.4 Å². The van der Waals surface area contributed by atoms with Crippen LogP contribution >= 0.6 is 0 Å². The molecule has 0 bridgehead atoms. The molecule has 8 heteroatoms. The number of aryl methyl sites for hydroxylation is 2. The first-order chi connectivity index (χ1) is 13.8. The van der Waals surface area contributed by atoms with Gasteiger partial charge in [-0.1, -0.05) is 6.07 Å². The maximum atomic E-state index is 13.4. The van der Waals surface area contributed by atoms with Gasteiger partial charge in [0.05, 0.1) is 16.6 Å². The third-order valence-corrected chi connectivity index (χ3v) is 8.00. The maximum Gasteiger partial charge on any atom is 0.243 e. The van der Waals surface area contributed by atoms with Gasteiger partial charge in [-0.3, -0.25) is 0 Å². The predicted molar refractivity (Wildman–Crippen MR) is 113 cm³/mol. The van der Waals surface area contributed by atoms with E-state index >= 15 is 0 Å². The van der Waals surface area contributed by atoms with Crippen LogP contribution in [0.5, 0.6) is 0 Å². The summed E-state index contributed by atoms with van der Waals surface area (Å²) in [5, 5.41) is 3.20. The van der Waals surface area contributed by atoms with Crippen molar-refractivity contribution in [1.29, 1.82) is 0 Å². The van der Waals surface area contributed by atoms with Gasteiger partial charge in [-0.05, 0) is 63.4 Å². The van der Waals surface area contributed by atoms with Gasteiger partial charge in [-0.2, -0.15) is 4.31 Å². The molecule has 0 amide bonds. The normalized spacial score (nSPS) is 20.6. The zero-order valence-corrected chi connectivity index (χ0v) is 18.4. The Labute approximate surface area is 173 Å². The summed E-state index contributed by atoms with van der Waals surface area (Å²) in [5.74, 6) is 1.43. The molecule has 7 nitrogen and oxygen atoms in total. The lowest BCUT2D eigenvalue weighted by atomic mass is 10.1. The first-order valence-electron chi connectivity index (χ1n) is 10.2. The highest BCUT2D eigenvalue weighted by molar-refractivity contribution is 7.89.